The molecule has 14 heteroatoms. The molecule has 0 aliphatic carbocycles. The fourth-order valence-corrected chi connectivity index (χ4v) is 5.96. The number of amides is 2. The number of tetrazole rings is 1. The van der Waals surface area contributed by atoms with E-state index in [-0.39, 0.29) is 29.4 Å². The van der Waals surface area contributed by atoms with Crippen LogP contribution in [0.5, 0.6) is 0 Å². The SMILES string of the molecule is O=C(/C=C/c1cc(Cl)ccc1-n1cnnn1)N[C@@H](CC1CCS(=O)(=O)CC1)C(=O)Nc1ccc(C(=O)O)cc1. The molecule has 1 aliphatic heterocycles. The van der Waals surface area contributed by atoms with Gasteiger partial charge in [-0.2, -0.15) is 4.68 Å². The summed E-state index contributed by atoms with van der Waals surface area (Å²) in [5, 5.41) is 26.0. The second-order valence-electron chi connectivity index (χ2n) is 9.05. The molecular weight excluding hydrogens is 548 g/mol. The number of carboxylic acid groups (broad SMARTS) is 1. The van der Waals surface area contributed by atoms with Crippen LogP contribution in [0.25, 0.3) is 11.8 Å². The van der Waals surface area contributed by atoms with Gasteiger partial charge in [0.1, 0.15) is 22.2 Å². The maximum atomic E-state index is 13.2. The quantitative estimate of drug-likeness (QED) is 0.325. The highest BCUT2D eigenvalue weighted by Gasteiger charge is 2.29. The fourth-order valence-electron chi connectivity index (χ4n) is 4.19. The molecule has 1 aromatic heterocycles. The summed E-state index contributed by atoms with van der Waals surface area (Å²) in [6.45, 7) is 0. The average Bonchev–Trinajstić information content (AvgIpc) is 3.43. The van der Waals surface area contributed by atoms with Gasteiger partial charge in [-0.05, 0) is 84.1 Å². The summed E-state index contributed by atoms with van der Waals surface area (Å²) in [7, 11) is -3.09. The summed E-state index contributed by atoms with van der Waals surface area (Å²) in [5.74, 6) is -2.17. The number of aromatic nitrogens is 4. The molecule has 12 nitrogen and oxygen atoms in total. The minimum absolute atomic E-state index is 0.0329. The summed E-state index contributed by atoms with van der Waals surface area (Å²) in [6.07, 6.45) is 5.19. The Balaban J connectivity index is 1.50. The Morgan fingerprint density at radius 2 is 1.85 bits per heavy atom. The zero-order valence-corrected chi connectivity index (χ0v) is 22.1. The number of benzene rings is 2. The van der Waals surface area contributed by atoms with Gasteiger partial charge < -0.3 is 15.7 Å². The lowest BCUT2D eigenvalue weighted by Gasteiger charge is -2.26. The zero-order chi connectivity index (χ0) is 28.0. The number of hydrogen-bond acceptors (Lipinski definition) is 8. The summed E-state index contributed by atoms with van der Waals surface area (Å²) in [4.78, 5) is 37.2. The van der Waals surface area contributed by atoms with Crippen molar-refractivity contribution in [2.45, 2.75) is 25.3 Å². The molecule has 0 unspecified atom stereocenters. The summed E-state index contributed by atoms with van der Waals surface area (Å²) in [6, 6.07) is 9.63. The Hall–Kier alpha value is -4.10. The molecule has 0 radical (unpaired) electrons. The van der Waals surface area contributed by atoms with Gasteiger partial charge in [0.25, 0.3) is 0 Å². The van der Waals surface area contributed by atoms with Crippen molar-refractivity contribution in [1.82, 2.24) is 25.5 Å². The molecule has 0 saturated carbocycles. The number of anilines is 1. The molecule has 1 aliphatic rings. The normalized spacial score (nSPS) is 16.0. The van der Waals surface area contributed by atoms with Gasteiger partial charge in [0.2, 0.25) is 11.8 Å². The van der Waals surface area contributed by atoms with E-state index in [1.165, 1.54) is 47.4 Å². The number of halogens is 1. The standard InChI is InChI=1S/C25H25ClN6O6S/c26-19-4-7-22(32-15-27-30-31-32)18(14-19)3-8-23(33)29-21(13-16-9-11-39(37,38)12-10-16)24(34)28-20-5-1-17(2-6-20)25(35)36/h1-8,14-16,21H,9-13H2,(H,28,34)(H,29,33)(H,35,36)/b8-3+/t21-/m0/s1. The Labute approximate surface area is 229 Å². The molecule has 1 saturated heterocycles. The van der Waals surface area contributed by atoms with Crippen LogP contribution in [0, 0.1) is 5.92 Å². The van der Waals surface area contributed by atoms with Crippen molar-refractivity contribution < 1.29 is 27.9 Å². The van der Waals surface area contributed by atoms with Crippen LogP contribution in [0.15, 0.2) is 54.9 Å². The van der Waals surface area contributed by atoms with Crippen LogP contribution < -0.4 is 10.6 Å². The maximum absolute atomic E-state index is 13.2. The van der Waals surface area contributed by atoms with E-state index in [1.807, 2.05) is 0 Å². The highest BCUT2D eigenvalue weighted by molar-refractivity contribution is 7.91. The molecule has 3 aromatic rings. The first-order valence-corrected chi connectivity index (χ1v) is 14.2. The van der Waals surface area contributed by atoms with Gasteiger partial charge in [-0.25, -0.2) is 13.2 Å². The van der Waals surface area contributed by atoms with Gasteiger partial charge in [-0.15, -0.1) is 5.10 Å². The molecule has 2 aromatic carbocycles. The largest absolute Gasteiger partial charge is 0.478 e. The predicted molar refractivity (Wildman–Crippen MR) is 143 cm³/mol. The molecule has 4 rings (SSSR count). The molecule has 1 fully saturated rings. The molecule has 39 heavy (non-hydrogen) atoms. The summed E-state index contributed by atoms with van der Waals surface area (Å²) >= 11 is 6.13. The van der Waals surface area contributed by atoms with E-state index in [1.54, 1.807) is 18.2 Å². The second kappa shape index (κ2) is 12.2. The topological polar surface area (TPSA) is 173 Å². The third-order valence-corrected chi connectivity index (χ3v) is 8.23. The van der Waals surface area contributed by atoms with Crippen molar-refractivity contribution in [2.24, 2.45) is 5.92 Å². The van der Waals surface area contributed by atoms with Crippen LogP contribution in [0.4, 0.5) is 5.69 Å². The van der Waals surface area contributed by atoms with Gasteiger partial charge in [0, 0.05) is 22.3 Å². The van der Waals surface area contributed by atoms with Crippen LogP contribution in [-0.4, -0.2) is 69.1 Å². The first-order valence-electron chi connectivity index (χ1n) is 12.0. The van der Waals surface area contributed by atoms with Gasteiger partial charge in [-0.1, -0.05) is 11.6 Å². The van der Waals surface area contributed by atoms with Crippen molar-refractivity contribution in [3.05, 3.63) is 71.0 Å². The molecular formula is C25H25ClN6O6S. The monoisotopic (exact) mass is 572 g/mol. The Kier molecular flexibility index (Phi) is 8.72. The molecule has 2 heterocycles. The number of rotatable bonds is 9. The zero-order valence-electron chi connectivity index (χ0n) is 20.5. The van der Waals surface area contributed by atoms with E-state index >= 15 is 0 Å². The van der Waals surface area contributed by atoms with Gasteiger partial charge in [-0.3, -0.25) is 9.59 Å². The number of nitrogens with zero attached hydrogens (tertiary/aromatic N) is 4. The van der Waals surface area contributed by atoms with E-state index in [4.69, 9.17) is 16.7 Å². The van der Waals surface area contributed by atoms with E-state index in [0.29, 0.717) is 34.8 Å². The molecule has 1 atom stereocenters. The fraction of sp³-hybridized carbons (Fsp3) is 0.280. The lowest BCUT2D eigenvalue weighted by atomic mass is 9.93. The molecule has 3 N–H and O–H groups in total. The first kappa shape index (κ1) is 27.9. The molecule has 2 amide bonds. The van der Waals surface area contributed by atoms with Crippen LogP contribution in [0.3, 0.4) is 0 Å². The Morgan fingerprint density at radius 1 is 1.13 bits per heavy atom. The Bertz CT molecular complexity index is 1480. The van der Waals surface area contributed by atoms with Crippen molar-refractivity contribution in [3.63, 3.8) is 0 Å². The predicted octanol–water partition coefficient (Wildman–Crippen LogP) is 2.37. The average molecular weight is 573 g/mol. The minimum Gasteiger partial charge on any atom is -0.478 e. The van der Waals surface area contributed by atoms with Crippen molar-refractivity contribution in [2.75, 3.05) is 16.8 Å². The van der Waals surface area contributed by atoms with Crippen LogP contribution in [0.2, 0.25) is 5.02 Å². The maximum Gasteiger partial charge on any atom is 0.335 e. The smallest absolute Gasteiger partial charge is 0.335 e. The molecule has 0 spiro atoms. The van der Waals surface area contributed by atoms with Gasteiger partial charge >= 0.3 is 5.97 Å². The third kappa shape index (κ3) is 7.71. The van der Waals surface area contributed by atoms with Crippen LogP contribution in [0.1, 0.15) is 35.2 Å². The lowest BCUT2D eigenvalue weighted by Crippen LogP contribution is -2.45. The Morgan fingerprint density at radius 3 is 2.49 bits per heavy atom. The highest BCUT2D eigenvalue weighted by Crippen LogP contribution is 2.24. The minimum atomic E-state index is -3.09. The van der Waals surface area contributed by atoms with E-state index < -0.39 is 33.7 Å². The summed E-state index contributed by atoms with van der Waals surface area (Å²) < 4.78 is 25.1. The highest BCUT2D eigenvalue weighted by atomic mass is 35.5. The second-order valence-corrected chi connectivity index (χ2v) is 11.8. The number of aromatic carboxylic acids is 1. The van der Waals surface area contributed by atoms with E-state index in [0.717, 1.165) is 0 Å². The van der Waals surface area contributed by atoms with Crippen LogP contribution >= 0.6 is 11.6 Å². The lowest BCUT2D eigenvalue weighted by molar-refractivity contribution is -0.124. The number of nitrogens with one attached hydrogen (secondary N) is 2. The first-order chi connectivity index (χ1) is 18.6. The number of carbonyl (C=O) groups is 3. The molecule has 204 valence electrons. The van der Waals surface area contributed by atoms with Crippen LogP contribution in [-0.2, 0) is 19.4 Å². The van der Waals surface area contributed by atoms with Gasteiger partial charge in [0.05, 0.1) is 22.8 Å². The summed E-state index contributed by atoms with van der Waals surface area (Å²) in [5.41, 5.74) is 1.56. The van der Waals surface area contributed by atoms with Gasteiger partial charge in [0.15, 0.2) is 0 Å². The number of sulfone groups is 1. The van der Waals surface area contributed by atoms with Crippen molar-refractivity contribution >= 4 is 51.0 Å². The number of hydrogen-bond donors (Lipinski definition) is 3. The van der Waals surface area contributed by atoms with E-state index in [9.17, 15) is 22.8 Å². The number of carbonyl (C=O) groups excluding carboxylic acids is 2. The molecule has 0 bridgehead atoms. The number of carboxylic acids is 1. The van der Waals surface area contributed by atoms with Crippen molar-refractivity contribution in [3.8, 4) is 5.69 Å². The third-order valence-electron chi connectivity index (χ3n) is 6.28. The van der Waals surface area contributed by atoms with Crippen molar-refractivity contribution in [1.29, 1.82) is 0 Å². The van der Waals surface area contributed by atoms with E-state index in [2.05, 4.69) is 26.2 Å².